The van der Waals surface area contributed by atoms with Crippen molar-refractivity contribution in [2.45, 2.75) is 65.5 Å². The Balaban J connectivity index is 0.000000187. The molecule has 2 aliphatic rings. The zero-order valence-corrected chi connectivity index (χ0v) is 53.3. The van der Waals surface area contributed by atoms with Gasteiger partial charge in [-0.3, -0.25) is 43.3 Å². The van der Waals surface area contributed by atoms with Gasteiger partial charge in [-0.05, 0) is 123 Å². The van der Waals surface area contributed by atoms with E-state index in [1.54, 1.807) is 114 Å². The molecule has 0 unspecified atom stereocenters. The predicted octanol–water partition coefficient (Wildman–Crippen LogP) is 13.3. The Morgan fingerprint density at radius 2 is 0.912 bits per heavy atom. The van der Waals surface area contributed by atoms with Gasteiger partial charge in [0.1, 0.15) is 23.0 Å². The number of pyridine rings is 6. The molecule has 8 heterocycles. The summed E-state index contributed by atoms with van der Waals surface area (Å²) in [6.45, 7) is 5.45. The maximum Gasteiger partial charge on any atom is 0.200 e. The SMILES string of the molecule is COc1cc2nccc(Oc3ccc(CC(=O)c4cn(CC5CCS(=O)CC5)cc(-c5ccc(C)cc5)c4=O)nc3)c2cc1OC.COc1cc2nccc(Oc3ccc(CC(=O)c4cn(CC5CCSCC5)cc(-c5ccc(C)cc5)c4=O)nc3)c2cc1OC. The molecule has 0 N–H and O–H groups in total. The largest absolute Gasteiger partial charge is 0.493 e. The van der Waals surface area contributed by atoms with Gasteiger partial charge in [0, 0.05) is 118 Å². The molecule has 0 atom stereocenters. The molecule has 10 aromatic rings. The molecule has 91 heavy (non-hydrogen) atoms. The van der Waals surface area contributed by atoms with Crippen LogP contribution in [-0.2, 0) is 36.7 Å². The topological polar surface area (TPSA) is 202 Å². The molecule has 6 aromatic heterocycles. The van der Waals surface area contributed by atoms with Crippen molar-refractivity contribution in [1.82, 2.24) is 29.1 Å². The van der Waals surface area contributed by atoms with Crippen molar-refractivity contribution in [3.05, 3.63) is 213 Å². The Bertz CT molecular complexity index is 4410. The van der Waals surface area contributed by atoms with Gasteiger partial charge in [0.25, 0.3) is 0 Å². The number of benzene rings is 4. The number of carbonyl (C=O) groups excluding carboxylic acids is 2. The summed E-state index contributed by atoms with van der Waals surface area (Å²) in [7, 11) is 5.54. The number of ketones is 2. The Kier molecular flexibility index (Phi) is 20.1. The van der Waals surface area contributed by atoms with Crippen LogP contribution >= 0.6 is 11.8 Å². The first-order chi connectivity index (χ1) is 44.2. The number of hydrogen-bond acceptors (Lipinski definition) is 16. The first-order valence-corrected chi connectivity index (χ1v) is 32.8. The van der Waals surface area contributed by atoms with E-state index in [4.69, 9.17) is 28.4 Å². The highest BCUT2D eigenvalue weighted by Crippen LogP contribution is 2.39. The third-order valence-electron chi connectivity index (χ3n) is 16.4. The number of ether oxygens (including phenoxy) is 6. The molecule has 0 radical (unpaired) electrons. The van der Waals surface area contributed by atoms with E-state index in [-0.39, 0.29) is 46.4 Å². The highest BCUT2D eigenvalue weighted by atomic mass is 32.2. The van der Waals surface area contributed by atoms with Crippen molar-refractivity contribution >= 4 is 55.9 Å². The molecule has 2 saturated heterocycles. The third kappa shape index (κ3) is 15.2. The van der Waals surface area contributed by atoms with Crippen molar-refractivity contribution in [1.29, 1.82) is 0 Å². The van der Waals surface area contributed by atoms with Crippen molar-refractivity contribution in [3.8, 4) is 68.2 Å². The van der Waals surface area contributed by atoms with Gasteiger partial charge in [0.2, 0.25) is 0 Å². The molecule has 2 fully saturated rings. The number of rotatable bonds is 20. The Hall–Kier alpha value is -9.46. The molecule has 0 saturated carbocycles. The summed E-state index contributed by atoms with van der Waals surface area (Å²) in [4.78, 5) is 72.5. The van der Waals surface area contributed by atoms with Crippen LogP contribution < -0.4 is 39.3 Å². The van der Waals surface area contributed by atoms with E-state index in [9.17, 15) is 23.4 Å². The average Bonchev–Trinajstić information content (AvgIpc) is 1.08. The highest BCUT2D eigenvalue weighted by molar-refractivity contribution is 7.99. The number of nitrogens with zero attached hydrogens (tertiary/aromatic N) is 6. The van der Waals surface area contributed by atoms with Crippen LogP contribution in [0.5, 0.6) is 46.0 Å². The van der Waals surface area contributed by atoms with Crippen LogP contribution in [0.4, 0.5) is 0 Å². The van der Waals surface area contributed by atoms with E-state index >= 15 is 0 Å². The summed E-state index contributed by atoms with van der Waals surface area (Å²) in [5.74, 6) is 8.36. The van der Waals surface area contributed by atoms with Crippen LogP contribution in [0.3, 0.4) is 0 Å². The molecular weight excluding hydrogens is 1190 g/mol. The van der Waals surface area contributed by atoms with Gasteiger partial charge in [-0.25, -0.2) is 0 Å². The smallest absolute Gasteiger partial charge is 0.200 e. The van der Waals surface area contributed by atoms with E-state index in [0.29, 0.717) is 109 Å². The number of fused-ring (bicyclic) bond motifs is 2. The normalized spacial score (nSPS) is 14.9. The van der Waals surface area contributed by atoms with Gasteiger partial charge < -0.3 is 37.6 Å². The zero-order valence-electron chi connectivity index (χ0n) is 51.6. The Labute approximate surface area is 534 Å². The number of thioether (sulfide) groups is 1. The monoisotopic (exact) mass is 1260 g/mol. The van der Waals surface area contributed by atoms with Crippen LogP contribution in [0.15, 0.2) is 168 Å². The van der Waals surface area contributed by atoms with Gasteiger partial charge >= 0.3 is 0 Å². The van der Waals surface area contributed by atoms with Crippen LogP contribution in [0.25, 0.3) is 44.1 Å². The standard InChI is InChI=1S/C36H35N3O6S.C36H35N3O5S/c1-23-4-6-25(7-5-23)29-21-39(20-24-11-14-46(42)15-12-24)22-30(36(29)41)32(40)16-26-8-9-27(19-38-26)45-33-10-13-37-31-18-35(44-3)34(43-2)17-28(31)33;1-23-4-6-25(7-5-23)29-21-39(20-24-11-14-45-15-12-24)22-30(36(29)41)32(40)16-26-8-9-27(19-38-26)44-33-10-13-37-31-18-35(43-3)34(42-2)17-28(31)33/h4-10,13,17-19,21-22,24H,11-12,14-16,20H2,1-3H3;4-10,13,17-19,21-22,24H,11-12,14-16,20H2,1-3H3. The molecule has 12 rings (SSSR count). The molecule has 0 bridgehead atoms. The minimum Gasteiger partial charge on any atom is -0.493 e. The second-order valence-corrected chi connectivity index (χ2v) is 25.7. The fourth-order valence-electron chi connectivity index (χ4n) is 11.3. The molecule has 19 heteroatoms. The van der Waals surface area contributed by atoms with Crippen molar-refractivity contribution in [2.24, 2.45) is 11.8 Å². The van der Waals surface area contributed by atoms with Gasteiger partial charge in [-0.1, -0.05) is 59.7 Å². The average molecular weight is 1260 g/mol. The lowest BCUT2D eigenvalue weighted by molar-refractivity contribution is 0.0981. The molecule has 4 aromatic carbocycles. The van der Waals surface area contributed by atoms with E-state index in [1.165, 1.54) is 0 Å². The summed E-state index contributed by atoms with van der Waals surface area (Å²) >= 11 is 1.98. The zero-order chi connectivity index (χ0) is 63.5. The second-order valence-electron chi connectivity index (χ2n) is 22.7. The van der Waals surface area contributed by atoms with E-state index < -0.39 is 10.8 Å². The minimum absolute atomic E-state index is 0.00210. The fourth-order valence-corrected chi connectivity index (χ4v) is 13.9. The molecular formula is C72H70N6O11S2. The van der Waals surface area contributed by atoms with Crippen molar-refractivity contribution in [2.75, 3.05) is 51.5 Å². The summed E-state index contributed by atoms with van der Waals surface area (Å²) in [5, 5.41) is 1.50. The Morgan fingerprint density at radius 3 is 1.31 bits per heavy atom. The third-order valence-corrected chi connectivity index (χ3v) is 18.8. The molecule has 17 nitrogen and oxygen atoms in total. The quantitative estimate of drug-likeness (QED) is 0.0651. The second kappa shape index (κ2) is 29.0. The summed E-state index contributed by atoms with van der Waals surface area (Å²) in [5.41, 5.74) is 7.02. The molecule has 2 aliphatic heterocycles. The highest BCUT2D eigenvalue weighted by Gasteiger charge is 2.24. The summed E-state index contributed by atoms with van der Waals surface area (Å²) in [6.07, 6.45) is 17.6. The lowest BCUT2D eigenvalue weighted by atomic mass is 9.99. The predicted molar refractivity (Wildman–Crippen MR) is 357 cm³/mol. The van der Waals surface area contributed by atoms with Gasteiger partial charge in [-0.2, -0.15) is 11.8 Å². The van der Waals surface area contributed by atoms with Crippen molar-refractivity contribution in [3.63, 3.8) is 0 Å². The van der Waals surface area contributed by atoms with E-state index in [0.717, 1.165) is 76.8 Å². The lowest BCUT2D eigenvalue weighted by Gasteiger charge is -2.23. The Morgan fingerprint density at radius 1 is 0.505 bits per heavy atom. The molecule has 0 amide bonds. The molecule has 0 spiro atoms. The number of methoxy groups -OCH3 is 4. The number of Topliss-reactive ketones (excluding diaryl/α,β-unsaturated/α-hetero) is 2. The van der Waals surface area contributed by atoms with E-state index in [1.807, 2.05) is 108 Å². The number of aryl methyl sites for hydroxylation is 2. The van der Waals surface area contributed by atoms with Gasteiger partial charge in [0.15, 0.2) is 45.4 Å². The first kappa shape index (κ1) is 63.1. The summed E-state index contributed by atoms with van der Waals surface area (Å²) < 4.78 is 49.9. The fraction of sp³-hybridized carbons (Fsp3) is 0.278. The number of carbonyl (C=O) groups is 2. The lowest BCUT2D eigenvalue weighted by Crippen LogP contribution is -2.25. The maximum atomic E-state index is 13.7. The van der Waals surface area contributed by atoms with Crippen LogP contribution in [0.2, 0.25) is 0 Å². The van der Waals surface area contributed by atoms with Crippen LogP contribution in [-0.4, -0.2) is 96.3 Å². The van der Waals surface area contributed by atoms with Crippen LogP contribution in [0, 0.1) is 25.7 Å². The van der Waals surface area contributed by atoms with Gasteiger partial charge in [0.05, 0.1) is 75.8 Å². The minimum atomic E-state index is -0.758. The van der Waals surface area contributed by atoms with Gasteiger partial charge in [-0.15, -0.1) is 0 Å². The van der Waals surface area contributed by atoms with Crippen LogP contribution in [0.1, 0.15) is 68.9 Å². The number of hydrogen-bond donors (Lipinski definition) is 0. The van der Waals surface area contributed by atoms with Crippen molar-refractivity contribution < 1.29 is 42.2 Å². The molecule has 466 valence electrons. The first-order valence-electron chi connectivity index (χ1n) is 30.1. The maximum absolute atomic E-state index is 13.7. The molecule has 0 aliphatic carbocycles. The number of aromatic nitrogens is 6. The van der Waals surface area contributed by atoms with E-state index in [2.05, 4.69) is 19.9 Å². The summed E-state index contributed by atoms with van der Waals surface area (Å²) in [6, 6.07) is 33.3.